The number of aromatic nitrogens is 1. The second-order valence-corrected chi connectivity index (χ2v) is 4.39. The van der Waals surface area contributed by atoms with E-state index in [9.17, 15) is 0 Å². The summed E-state index contributed by atoms with van der Waals surface area (Å²) in [6, 6.07) is 12.0. The van der Waals surface area contributed by atoms with Crippen LogP contribution in [0.2, 0.25) is 0 Å². The van der Waals surface area contributed by atoms with Gasteiger partial charge in [0.1, 0.15) is 11.6 Å². The van der Waals surface area contributed by atoms with Crippen molar-refractivity contribution in [1.82, 2.24) is 4.98 Å². The van der Waals surface area contributed by atoms with Crippen molar-refractivity contribution in [3.8, 4) is 0 Å². The Bertz CT molecular complexity index is 551. The van der Waals surface area contributed by atoms with E-state index >= 15 is 0 Å². The lowest BCUT2D eigenvalue weighted by Crippen LogP contribution is -2.10. The van der Waals surface area contributed by atoms with Gasteiger partial charge >= 0.3 is 0 Å². The SMILES string of the molecule is Cc1ccccc1C(C)Nc1ccc(N)c(N)n1. The van der Waals surface area contributed by atoms with Crippen LogP contribution in [0.4, 0.5) is 17.3 Å². The molecule has 0 bridgehead atoms. The van der Waals surface area contributed by atoms with Crippen LogP contribution in [0.3, 0.4) is 0 Å². The molecule has 0 saturated carbocycles. The first-order valence-electron chi connectivity index (χ1n) is 5.92. The molecule has 1 unspecified atom stereocenters. The molecule has 2 aromatic rings. The lowest BCUT2D eigenvalue weighted by molar-refractivity contribution is 0.865. The van der Waals surface area contributed by atoms with Crippen molar-refractivity contribution in [2.24, 2.45) is 0 Å². The largest absolute Gasteiger partial charge is 0.396 e. The van der Waals surface area contributed by atoms with E-state index in [-0.39, 0.29) is 6.04 Å². The number of nitrogens with two attached hydrogens (primary N) is 2. The maximum Gasteiger partial charge on any atom is 0.149 e. The zero-order valence-electron chi connectivity index (χ0n) is 10.6. The standard InChI is InChI=1S/C14H18N4/c1-9-5-3-4-6-11(9)10(2)17-13-8-7-12(15)14(16)18-13/h3-8,10H,15H2,1-2H3,(H3,16,17,18). The first kappa shape index (κ1) is 12.2. The number of nitrogen functional groups attached to an aromatic ring is 2. The molecule has 0 aliphatic carbocycles. The van der Waals surface area contributed by atoms with E-state index in [1.165, 1.54) is 11.1 Å². The summed E-state index contributed by atoms with van der Waals surface area (Å²) < 4.78 is 0. The number of benzene rings is 1. The summed E-state index contributed by atoms with van der Waals surface area (Å²) in [4.78, 5) is 4.21. The monoisotopic (exact) mass is 242 g/mol. The fourth-order valence-corrected chi connectivity index (χ4v) is 1.94. The summed E-state index contributed by atoms with van der Waals surface area (Å²) in [6.07, 6.45) is 0. The molecule has 1 heterocycles. The molecule has 0 radical (unpaired) electrons. The van der Waals surface area contributed by atoms with E-state index in [0.29, 0.717) is 11.5 Å². The highest BCUT2D eigenvalue weighted by atomic mass is 15.0. The van der Waals surface area contributed by atoms with Gasteiger partial charge in [0.25, 0.3) is 0 Å². The number of pyridine rings is 1. The molecule has 2 rings (SSSR count). The highest BCUT2D eigenvalue weighted by Crippen LogP contribution is 2.22. The van der Waals surface area contributed by atoms with Gasteiger partial charge in [0.2, 0.25) is 0 Å². The highest BCUT2D eigenvalue weighted by Gasteiger charge is 2.08. The molecule has 0 amide bonds. The van der Waals surface area contributed by atoms with Crippen molar-refractivity contribution < 1.29 is 0 Å². The summed E-state index contributed by atoms with van der Waals surface area (Å²) in [5, 5.41) is 3.32. The third-order valence-electron chi connectivity index (χ3n) is 2.98. The Balaban J connectivity index is 2.19. The van der Waals surface area contributed by atoms with Gasteiger partial charge in [0.05, 0.1) is 11.7 Å². The van der Waals surface area contributed by atoms with Gasteiger partial charge in [-0.1, -0.05) is 24.3 Å². The zero-order valence-corrected chi connectivity index (χ0v) is 10.6. The van der Waals surface area contributed by atoms with Gasteiger partial charge in [-0.2, -0.15) is 0 Å². The van der Waals surface area contributed by atoms with Crippen LogP contribution in [0.1, 0.15) is 24.1 Å². The Labute approximate surface area is 107 Å². The summed E-state index contributed by atoms with van der Waals surface area (Å²) in [5.74, 6) is 1.09. The van der Waals surface area contributed by atoms with Crippen LogP contribution in [-0.4, -0.2) is 4.98 Å². The lowest BCUT2D eigenvalue weighted by atomic mass is 10.0. The highest BCUT2D eigenvalue weighted by molar-refractivity contribution is 5.61. The number of anilines is 3. The van der Waals surface area contributed by atoms with Crippen LogP contribution in [0.25, 0.3) is 0 Å². The maximum absolute atomic E-state index is 5.69. The van der Waals surface area contributed by atoms with Crippen LogP contribution in [-0.2, 0) is 0 Å². The normalized spacial score (nSPS) is 12.1. The van der Waals surface area contributed by atoms with E-state index in [1.807, 2.05) is 18.2 Å². The van der Waals surface area contributed by atoms with Crippen molar-refractivity contribution in [2.75, 3.05) is 16.8 Å². The van der Waals surface area contributed by atoms with E-state index in [2.05, 4.69) is 36.3 Å². The second kappa shape index (κ2) is 4.96. The van der Waals surface area contributed by atoms with E-state index in [1.54, 1.807) is 6.07 Å². The third kappa shape index (κ3) is 2.53. The lowest BCUT2D eigenvalue weighted by Gasteiger charge is -2.17. The first-order valence-corrected chi connectivity index (χ1v) is 5.92. The average molecular weight is 242 g/mol. The van der Waals surface area contributed by atoms with Crippen LogP contribution in [0.5, 0.6) is 0 Å². The van der Waals surface area contributed by atoms with Gasteiger partial charge < -0.3 is 16.8 Å². The fraction of sp³-hybridized carbons (Fsp3) is 0.214. The topological polar surface area (TPSA) is 77.0 Å². The van der Waals surface area contributed by atoms with Crippen LogP contribution >= 0.6 is 0 Å². The molecule has 0 saturated heterocycles. The predicted molar refractivity (Wildman–Crippen MR) is 76.3 cm³/mol. The minimum Gasteiger partial charge on any atom is -0.396 e. The Kier molecular flexibility index (Phi) is 3.37. The van der Waals surface area contributed by atoms with Gasteiger partial charge in [-0.3, -0.25) is 0 Å². The number of hydrogen-bond donors (Lipinski definition) is 3. The van der Waals surface area contributed by atoms with Gasteiger partial charge in [0.15, 0.2) is 0 Å². The smallest absolute Gasteiger partial charge is 0.149 e. The Morgan fingerprint density at radius 2 is 1.83 bits per heavy atom. The quantitative estimate of drug-likeness (QED) is 0.773. The van der Waals surface area contributed by atoms with Gasteiger partial charge in [-0.05, 0) is 37.1 Å². The van der Waals surface area contributed by atoms with E-state index in [0.717, 1.165) is 5.82 Å². The molecule has 0 aliphatic rings. The fourth-order valence-electron chi connectivity index (χ4n) is 1.94. The van der Waals surface area contributed by atoms with Crippen molar-refractivity contribution >= 4 is 17.3 Å². The van der Waals surface area contributed by atoms with Gasteiger partial charge in [0, 0.05) is 0 Å². The molecule has 5 N–H and O–H groups in total. The molecule has 0 aliphatic heterocycles. The van der Waals surface area contributed by atoms with Crippen molar-refractivity contribution in [2.45, 2.75) is 19.9 Å². The van der Waals surface area contributed by atoms with Gasteiger partial charge in [-0.15, -0.1) is 0 Å². The van der Waals surface area contributed by atoms with E-state index < -0.39 is 0 Å². The Morgan fingerprint density at radius 3 is 2.50 bits per heavy atom. The molecule has 4 nitrogen and oxygen atoms in total. The van der Waals surface area contributed by atoms with Crippen LogP contribution in [0.15, 0.2) is 36.4 Å². The Morgan fingerprint density at radius 1 is 1.11 bits per heavy atom. The molecule has 4 heteroatoms. The molecule has 0 fully saturated rings. The predicted octanol–water partition coefficient (Wildman–Crippen LogP) is 2.73. The van der Waals surface area contributed by atoms with Crippen molar-refractivity contribution in [3.05, 3.63) is 47.5 Å². The second-order valence-electron chi connectivity index (χ2n) is 4.39. The summed E-state index contributed by atoms with van der Waals surface area (Å²) >= 11 is 0. The van der Waals surface area contributed by atoms with Crippen LogP contribution < -0.4 is 16.8 Å². The minimum atomic E-state index is 0.168. The maximum atomic E-state index is 5.69. The van der Waals surface area contributed by atoms with Crippen LogP contribution in [0, 0.1) is 6.92 Å². The van der Waals surface area contributed by atoms with Crippen molar-refractivity contribution in [1.29, 1.82) is 0 Å². The number of aryl methyl sites for hydroxylation is 1. The minimum absolute atomic E-state index is 0.168. The number of nitrogens with one attached hydrogen (secondary N) is 1. The molecular weight excluding hydrogens is 224 g/mol. The number of rotatable bonds is 3. The molecule has 94 valence electrons. The Hall–Kier alpha value is -2.23. The van der Waals surface area contributed by atoms with E-state index in [4.69, 9.17) is 11.5 Å². The third-order valence-corrected chi connectivity index (χ3v) is 2.98. The summed E-state index contributed by atoms with van der Waals surface area (Å²) in [5.41, 5.74) is 14.3. The van der Waals surface area contributed by atoms with Crippen molar-refractivity contribution in [3.63, 3.8) is 0 Å². The number of hydrogen-bond acceptors (Lipinski definition) is 4. The number of nitrogens with zero attached hydrogens (tertiary/aromatic N) is 1. The zero-order chi connectivity index (χ0) is 13.1. The van der Waals surface area contributed by atoms with Gasteiger partial charge in [-0.25, -0.2) is 4.98 Å². The average Bonchev–Trinajstić information content (AvgIpc) is 2.34. The molecule has 0 spiro atoms. The first-order chi connectivity index (χ1) is 8.58. The molecule has 1 atom stereocenters. The molecule has 1 aromatic carbocycles. The molecular formula is C14H18N4. The summed E-state index contributed by atoms with van der Waals surface area (Å²) in [6.45, 7) is 4.19. The molecule has 18 heavy (non-hydrogen) atoms. The molecule has 1 aromatic heterocycles. The summed E-state index contributed by atoms with van der Waals surface area (Å²) in [7, 11) is 0.